The van der Waals surface area contributed by atoms with E-state index >= 15 is 0 Å². The maximum atomic E-state index is 11.3. The lowest BCUT2D eigenvalue weighted by Gasteiger charge is -2.19. The Hall–Kier alpha value is -4.22. The van der Waals surface area contributed by atoms with Crippen LogP contribution in [0.2, 0.25) is 5.02 Å². The van der Waals surface area contributed by atoms with E-state index in [2.05, 4.69) is 28.8 Å². The van der Waals surface area contributed by atoms with Gasteiger partial charge in [-0.1, -0.05) is 35.9 Å². The molecule has 2 heterocycles. The highest BCUT2D eigenvalue weighted by atomic mass is 35.5. The summed E-state index contributed by atoms with van der Waals surface area (Å²) in [6, 6.07) is 16.5. The lowest BCUT2D eigenvalue weighted by Crippen LogP contribution is -2.31. The fraction of sp³-hybridized carbons (Fsp3) is 0.214. The van der Waals surface area contributed by atoms with Crippen molar-refractivity contribution in [1.29, 1.82) is 0 Å². The van der Waals surface area contributed by atoms with Crippen molar-refractivity contribution < 1.29 is 17.5 Å². The summed E-state index contributed by atoms with van der Waals surface area (Å²) >= 11 is 6.23. The minimum absolute atomic E-state index is 0.225. The van der Waals surface area contributed by atoms with E-state index in [1.807, 2.05) is 70.8 Å². The molecule has 0 amide bonds. The van der Waals surface area contributed by atoms with Crippen molar-refractivity contribution in [1.82, 2.24) is 4.57 Å². The zero-order valence-corrected chi connectivity index (χ0v) is 23.1. The number of rotatable bonds is 8. The average Bonchev–Trinajstić information content (AvgIpc) is 3.33. The maximum absolute atomic E-state index is 11.3. The first-order chi connectivity index (χ1) is 18.7. The van der Waals surface area contributed by atoms with Gasteiger partial charge in [0.05, 0.1) is 37.3 Å². The van der Waals surface area contributed by atoms with Gasteiger partial charge < -0.3 is 10.6 Å². The van der Waals surface area contributed by atoms with Crippen molar-refractivity contribution in [3.63, 3.8) is 0 Å². The first-order valence-electron chi connectivity index (χ1n) is 12.2. The topological polar surface area (TPSA) is 100 Å². The van der Waals surface area contributed by atoms with E-state index in [0.29, 0.717) is 17.3 Å². The van der Waals surface area contributed by atoms with Gasteiger partial charge in [0.2, 0.25) is 0 Å². The number of imidazole rings is 1. The SMILES string of the molecule is [C-]#[N+]c1ccc2c(c1)n(CCCS(=O)(=O)O)c(/C=C/C=C/C=C1/N(C#CN)c3cc(Cl)ccc3N1CC)[n+]2C. The summed E-state index contributed by atoms with van der Waals surface area (Å²) in [4.78, 5) is 7.44. The van der Waals surface area contributed by atoms with Gasteiger partial charge in [-0.15, -0.1) is 0 Å². The lowest BCUT2D eigenvalue weighted by atomic mass is 10.2. The molecule has 0 radical (unpaired) electrons. The van der Waals surface area contributed by atoms with Gasteiger partial charge in [0.15, 0.2) is 16.7 Å². The molecule has 11 heteroatoms. The highest BCUT2D eigenvalue weighted by Gasteiger charge is 2.29. The summed E-state index contributed by atoms with van der Waals surface area (Å²) in [5.41, 5.74) is 9.59. The molecule has 0 unspecified atom stereocenters. The second kappa shape index (κ2) is 11.7. The number of hydrogen-bond donors (Lipinski definition) is 2. The monoisotopic (exact) mass is 563 g/mol. The smallest absolute Gasteiger partial charge is 0.282 e. The molecule has 0 aliphatic carbocycles. The van der Waals surface area contributed by atoms with Crippen molar-refractivity contribution in [3.8, 4) is 12.1 Å². The summed E-state index contributed by atoms with van der Waals surface area (Å²) < 4.78 is 35.6. The van der Waals surface area contributed by atoms with E-state index in [9.17, 15) is 13.0 Å². The normalized spacial score (nSPS) is 14.4. The zero-order chi connectivity index (χ0) is 28.2. The number of allylic oxidation sites excluding steroid dienone is 4. The molecule has 0 atom stereocenters. The second-order valence-corrected chi connectivity index (χ2v) is 10.7. The van der Waals surface area contributed by atoms with Crippen molar-refractivity contribution >= 4 is 55.9 Å². The van der Waals surface area contributed by atoms with Crippen molar-refractivity contribution in [3.05, 3.63) is 88.8 Å². The number of fused-ring (bicyclic) bond motifs is 2. The summed E-state index contributed by atoms with van der Waals surface area (Å²) in [7, 11) is -2.16. The number of aromatic nitrogens is 2. The molecular weight excluding hydrogens is 536 g/mol. The molecule has 0 saturated heterocycles. The number of benzene rings is 2. The average molecular weight is 564 g/mol. The number of aryl methyl sites for hydroxylation is 2. The van der Waals surface area contributed by atoms with Crippen LogP contribution in [-0.2, 0) is 23.7 Å². The third-order valence-electron chi connectivity index (χ3n) is 6.32. The van der Waals surface area contributed by atoms with Crippen LogP contribution in [0.5, 0.6) is 0 Å². The van der Waals surface area contributed by atoms with Gasteiger partial charge in [-0.25, -0.2) is 14.0 Å². The van der Waals surface area contributed by atoms with Crippen LogP contribution in [0.3, 0.4) is 0 Å². The molecule has 1 aliphatic heterocycles. The van der Waals surface area contributed by atoms with Gasteiger partial charge >= 0.3 is 0 Å². The highest BCUT2D eigenvalue weighted by molar-refractivity contribution is 7.85. The molecule has 0 bridgehead atoms. The van der Waals surface area contributed by atoms with Gasteiger partial charge in [0.1, 0.15) is 5.82 Å². The Balaban J connectivity index is 1.65. The highest BCUT2D eigenvalue weighted by Crippen LogP contribution is 2.42. The number of nitrogens with zero attached hydrogens (tertiary/aromatic N) is 5. The number of hydrogen-bond acceptors (Lipinski definition) is 5. The standard InChI is InChI=1S/C28H27ClN6O3S/c1-4-33-24-13-11-21(29)19-25(24)35(17-15-30)28(33)10-7-5-6-9-27-32(3)23-14-12-22(31-2)20-26(23)34(27)16-8-18-39(36,37)38/h5-7,9-14,19-20H,4,8,16,18,30H2,1,3H3/p+1. The number of halogens is 1. The van der Waals surface area contributed by atoms with Crippen LogP contribution in [-0.4, -0.2) is 29.8 Å². The third kappa shape index (κ3) is 5.94. The number of anilines is 2. The van der Waals surface area contributed by atoms with Crippen LogP contribution in [0.4, 0.5) is 17.1 Å². The maximum Gasteiger partial charge on any atom is 0.282 e. The van der Waals surface area contributed by atoms with Gasteiger partial charge in [-0.3, -0.25) is 9.45 Å². The molecule has 3 aromatic rings. The minimum Gasteiger partial charge on any atom is -0.358 e. The van der Waals surface area contributed by atoms with Crippen molar-refractivity contribution in [2.45, 2.75) is 19.9 Å². The fourth-order valence-electron chi connectivity index (χ4n) is 4.65. The molecule has 1 aromatic heterocycles. The summed E-state index contributed by atoms with van der Waals surface area (Å²) in [6.07, 6.45) is 9.75. The van der Waals surface area contributed by atoms with E-state index in [1.54, 1.807) is 17.0 Å². The molecular formula is C28H28ClN6O3S+. The minimum atomic E-state index is -4.07. The van der Waals surface area contributed by atoms with Crippen molar-refractivity contribution in [2.75, 3.05) is 22.1 Å². The Labute approximate surface area is 233 Å². The molecule has 0 spiro atoms. The van der Waals surface area contributed by atoms with Crippen LogP contribution in [0.1, 0.15) is 19.2 Å². The summed E-state index contributed by atoms with van der Waals surface area (Å²) in [5, 5.41) is 0.608. The molecule has 2 aromatic carbocycles. The Bertz CT molecular complexity index is 1720. The van der Waals surface area contributed by atoms with E-state index < -0.39 is 10.1 Å². The Morgan fingerprint density at radius 3 is 2.67 bits per heavy atom. The van der Waals surface area contributed by atoms with Gasteiger partial charge in [0, 0.05) is 36.2 Å². The molecule has 39 heavy (non-hydrogen) atoms. The van der Waals surface area contributed by atoms with E-state index in [4.69, 9.17) is 23.9 Å². The van der Waals surface area contributed by atoms with Crippen LogP contribution in [0.25, 0.3) is 22.0 Å². The molecule has 200 valence electrons. The van der Waals surface area contributed by atoms with Crippen LogP contribution in [0.15, 0.2) is 66.5 Å². The zero-order valence-electron chi connectivity index (χ0n) is 21.5. The molecule has 9 nitrogen and oxygen atoms in total. The first-order valence-corrected chi connectivity index (χ1v) is 14.2. The first kappa shape index (κ1) is 27.8. The van der Waals surface area contributed by atoms with E-state index in [0.717, 1.165) is 40.6 Å². The lowest BCUT2D eigenvalue weighted by molar-refractivity contribution is -0.647. The van der Waals surface area contributed by atoms with E-state index in [1.165, 1.54) is 0 Å². The number of nitrogens with two attached hydrogens (primary N) is 1. The Kier molecular flexibility index (Phi) is 8.32. The second-order valence-electron chi connectivity index (χ2n) is 8.73. The molecule has 4 rings (SSSR count). The molecule has 3 N–H and O–H groups in total. The van der Waals surface area contributed by atoms with Crippen LogP contribution in [0, 0.1) is 18.7 Å². The predicted molar refractivity (Wildman–Crippen MR) is 156 cm³/mol. The van der Waals surface area contributed by atoms with Crippen LogP contribution >= 0.6 is 11.6 Å². The summed E-state index contributed by atoms with van der Waals surface area (Å²) in [6.45, 7) is 10.5. The van der Waals surface area contributed by atoms with Gasteiger partial charge in [0.25, 0.3) is 15.9 Å². The van der Waals surface area contributed by atoms with Crippen LogP contribution < -0.4 is 20.1 Å². The van der Waals surface area contributed by atoms with Crippen molar-refractivity contribution in [2.24, 2.45) is 12.8 Å². The van der Waals surface area contributed by atoms with Gasteiger partial charge in [-0.2, -0.15) is 8.42 Å². The largest absolute Gasteiger partial charge is 0.358 e. The molecule has 0 saturated carbocycles. The Morgan fingerprint density at radius 1 is 1.18 bits per heavy atom. The predicted octanol–water partition coefficient (Wildman–Crippen LogP) is 4.58. The quantitative estimate of drug-likeness (QED) is 0.104. The fourth-order valence-corrected chi connectivity index (χ4v) is 5.31. The Morgan fingerprint density at radius 2 is 1.97 bits per heavy atom. The summed E-state index contributed by atoms with van der Waals surface area (Å²) in [5.74, 6) is 1.31. The van der Waals surface area contributed by atoms with E-state index in [-0.39, 0.29) is 12.2 Å². The molecule has 0 fully saturated rings. The van der Waals surface area contributed by atoms with Gasteiger partial charge in [-0.05, 0) is 43.3 Å². The molecule has 1 aliphatic rings. The third-order valence-corrected chi connectivity index (χ3v) is 7.36.